The second-order valence-corrected chi connectivity index (χ2v) is 8.82. The highest BCUT2D eigenvalue weighted by Gasteiger charge is 2.37. The van der Waals surface area contributed by atoms with Crippen molar-refractivity contribution in [3.05, 3.63) is 102 Å². The molecule has 1 fully saturated rings. The number of anilines is 1. The molecule has 3 aromatic rings. The molecule has 1 heterocycles. The number of halogens is 4. The predicted molar refractivity (Wildman–Crippen MR) is 134 cm³/mol. The molecule has 12 nitrogen and oxygen atoms in total. The van der Waals surface area contributed by atoms with Crippen molar-refractivity contribution in [2.24, 2.45) is 0 Å². The van der Waals surface area contributed by atoms with Crippen LogP contribution in [0.2, 0.25) is 0 Å². The van der Waals surface area contributed by atoms with Crippen LogP contribution in [0.1, 0.15) is 11.1 Å². The van der Waals surface area contributed by atoms with E-state index in [1.807, 2.05) is 5.32 Å². The Kier molecular flexibility index (Phi) is 7.37. The number of urea groups is 1. The van der Waals surface area contributed by atoms with Gasteiger partial charge < -0.3 is 4.74 Å². The van der Waals surface area contributed by atoms with E-state index in [0.29, 0.717) is 17.0 Å². The fraction of sp³-hybridized carbons (Fsp3) is 0.0417. The van der Waals surface area contributed by atoms with Gasteiger partial charge in [-0.05, 0) is 57.9 Å². The van der Waals surface area contributed by atoms with Gasteiger partial charge in [0, 0.05) is 18.2 Å². The van der Waals surface area contributed by atoms with Crippen LogP contribution in [0.15, 0.2) is 70.7 Å². The number of nitrogens with zero attached hydrogens (tertiary/aromatic N) is 3. The molecule has 204 valence electrons. The van der Waals surface area contributed by atoms with Crippen molar-refractivity contribution in [2.45, 2.75) is 6.18 Å². The molecule has 0 atom stereocenters. The molecule has 0 aliphatic carbocycles. The normalized spacial score (nSPS) is 14.8. The Hall–Kier alpha value is -5.12. The Bertz CT molecular complexity index is 1640. The molecule has 1 aliphatic heterocycles. The molecule has 0 bridgehead atoms. The first-order valence-corrected chi connectivity index (χ1v) is 11.5. The Morgan fingerprint density at radius 1 is 0.925 bits per heavy atom. The summed E-state index contributed by atoms with van der Waals surface area (Å²) in [6.45, 7) is 0. The van der Waals surface area contributed by atoms with Gasteiger partial charge in [-0.3, -0.25) is 35.1 Å². The van der Waals surface area contributed by atoms with Gasteiger partial charge in [0.1, 0.15) is 11.3 Å². The predicted octanol–water partition coefficient (Wildman–Crippen LogP) is 5.74. The van der Waals surface area contributed by atoms with Crippen molar-refractivity contribution in [2.75, 3.05) is 4.90 Å². The first kappa shape index (κ1) is 27.9. The molecule has 0 aromatic heterocycles. The van der Waals surface area contributed by atoms with Crippen LogP contribution in [-0.2, 0) is 15.8 Å². The largest absolute Gasteiger partial charge is 0.449 e. The van der Waals surface area contributed by atoms with E-state index in [1.165, 1.54) is 30.3 Å². The van der Waals surface area contributed by atoms with Gasteiger partial charge in [-0.2, -0.15) is 13.2 Å². The van der Waals surface area contributed by atoms with E-state index in [0.717, 1.165) is 24.3 Å². The third-order valence-electron chi connectivity index (χ3n) is 5.37. The van der Waals surface area contributed by atoms with Crippen LogP contribution in [-0.4, -0.2) is 27.7 Å². The van der Waals surface area contributed by atoms with Crippen molar-refractivity contribution in [3.8, 4) is 11.5 Å². The van der Waals surface area contributed by atoms with Crippen LogP contribution < -0.4 is 15.0 Å². The minimum absolute atomic E-state index is 0.0437. The smallest absolute Gasteiger partial charge is 0.416 e. The molecule has 1 saturated heterocycles. The van der Waals surface area contributed by atoms with E-state index in [4.69, 9.17) is 4.74 Å². The lowest BCUT2D eigenvalue weighted by atomic mass is 10.1. The lowest BCUT2D eigenvalue weighted by Crippen LogP contribution is -2.54. The van der Waals surface area contributed by atoms with Crippen molar-refractivity contribution in [1.29, 1.82) is 0 Å². The van der Waals surface area contributed by atoms with Gasteiger partial charge in [0.25, 0.3) is 17.5 Å². The van der Waals surface area contributed by atoms with Crippen LogP contribution in [0.25, 0.3) is 6.08 Å². The van der Waals surface area contributed by atoms with Crippen LogP contribution in [0, 0.1) is 20.2 Å². The maximum absolute atomic E-state index is 13.1. The average Bonchev–Trinajstić information content (AvgIpc) is 2.87. The van der Waals surface area contributed by atoms with E-state index in [-0.39, 0.29) is 21.5 Å². The van der Waals surface area contributed by atoms with E-state index >= 15 is 0 Å². The van der Waals surface area contributed by atoms with Crippen LogP contribution >= 0.6 is 15.9 Å². The number of non-ortho nitro benzene ring substituents is 1. The summed E-state index contributed by atoms with van der Waals surface area (Å²) in [5.74, 6) is -2.62. The van der Waals surface area contributed by atoms with Crippen LogP contribution in [0.5, 0.6) is 11.5 Å². The lowest BCUT2D eigenvalue weighted by molar-refractivity contribution is -0.385. The average molecular weight is 621 g/mol. The molecule has 40 heavy (non-hydrogen) atoms. The van der Waals surface area contributed by atoms with Gasteiger partial charge in [0.2, 0.25) is 5.75 Å². The van der Waals surface area contributed by atoms with Crippen LogP contribution in [0.3, 0.4) is 0 Å². The number of amides is 4. The zero-order valence-corrected chi connectivity index (χ0v) is 21.1. The molecule has 3 aromatic carbocycles. The first-order valence-electron chi connectivity index (χ1n) is 10.7. The molecule has 1 aliphatic rings. The zero-order valence-electron chi connectivity index (χ0n) is 19.5. The summed E-state index contributed by atoms with van der Waals surface area (Å²) in [5, 5.41) is 24.4. The second kappa shape index (κ2) is 10.6. The Morgan fingerprint density at radius 2 is 1.62 bits per heavy atom. The van der Waals surface area contributed by atoms with Gasteiger partial charge in [-0.1, -0.05) is 12.1 Å². The molecule has 0 unspecified atom stereocenters. The monoisotopic (exact) mass is 620 g/mol. The quantitative estimate of drug-likeness (QED) is 0.158. The van der Waals surface area contributed by atoms with Crippen molar-refractivity contribution in [3.63, 3.8) is 0 Å². The molecular formula is C24H12BrF3N4O8. The van der Waals surface area contributed by atoms with E-state index < -0.39 is 62.1 Å². The number of alkyl halides is 3. The van der Waals surface area contributed by atoms with E-state index in [2.05, 4.69) is 15.9 Å². The highest BCUT2D eigenvalue weighted by molar-refractivity contribution is 9.10. The number of hydrogen-bond acceptors (Lipinski definition) is 8. The fourth-order valence-electron chi connectivity index (χ4n) is 3.54. The second-order valence-electron chi connectivity index (χ2n) is 7.96. The van der Waals surface area contributed by atoms with Gasteiger partial charge in [0.15, 0.2) is 0 Å². The number of carbonyl (C=O) groups excluding carboxylic acids is 3. The molecule has 4 amide bonds. The number of nitro benzene ring substituents is 2. The van der Waals surface area contributed by atoms with Gasteiger partial charge in [-0.15, -0.1) is 0 Å². The summed E-state index contributed by atoms with van der Waals surface area (Å²) in [7, 11) is 0. The highest BCUT2D eigenvalue weighted by Crippen LogP contribution is 2.39. The van der Waals surface area contributed by atoms with E-state index in [9.17, 15) is 47.8 Å². The number of nitrogens with one attached hydrogen (secondary N) is 1. The number of ether oxygens (including phenoxy) is 1. The number of barbiturate groups is 1. The summed E-state index contributed by atoms with van der Waals surface area (Å²) in [6.07, 6.45) is -3.69. The minimum Gasteiger partial charge on any atom is -0.449 e. The number of rotatable bonds is 6. The van der Waals surface area contributed by atoms with E-state index in [1.54, 1.807) is 0 Å². The number of hydrogen-bond donors (Lipinski definition) is 1. The molecule has 0 spiro atoms. The maximum atomic E-state index is 13.1. The number of nitro groups is 2. The Labute approximate surface area is 229 Å². The molecule has 0 saturated carbocycles. The topological polar surface area (TPSA) is 162 Å². The van der Waals surface area contributed by atoms with Crippen LogP contribution in [0.4, 0.5) is 35.0 Å². The van der Waals surface area contributed by atoms with Crippen molar-refractivity contribution in [1.82, 2.24) is 5.32 Å². The summed E-state index contributed by atoms with van der Waals surface area (Å²) in [5.41, 5.74) is -2.99. The molecule has 1 N–H and O–H groups in total. The Balaban J connectivity index is 1.64. The summed E-state index contributed by atoms with van der Waals surface area (Å²) in [6, 6.07) is 9.24. The standard InChI is InChI=1S/C24H12BrF3N4O8/c25-17-9-12(4-6-19(17)40-20-7-5-13(24(26,27)28)10-18(20)32(38)39)8-16-21(33)29-23(35)30(22(16)34)14-2-1-3-15(11-14)31(36)37/h1-11H,(H,29,33,35)/b16-8+. The number of carbonyl (C=O) groups is 3. The van der Waals surface area contributed by atoms with Crippen molar-refractivity contribution < 1.29 is 42.1 Å². The van der Waals surface area contributed by atoms with Gasteiger partial charge >= 0.3 is 17.9 Å². The number of benzene rings is 3. The number of imide groups is 2. The van der Waals surface area contributed by atoms with Gasteiger partial charge in [-0.25, -0.2) is 9.69 Å². The Morgan fingerprint density at radius 3 is 2.25 bits per heavy atom. The SMILES string of the molecule is O=C1NC(=O)N(c2cccc([N+](=O)[O-])c2)C(=O)/C1=C/c1ccc(Oc2ccc(C(F)(F)F)cc2[N+](=O)[O-])c(Br)c1. The lowest BCUT2D eigenvalue weighted by Gasteiger charge is -2.26. The van der Waals surface area contributed by atoms with Gasteiger partial charge in [0.05, 0.1) is 25.6 Å². The molecule has 16 heteroatoms. The summed E-state index contributed by atoms with van der Waals surface area (Å²) >= 11 is 3.17. The zero-order chi connectivity index (χ0) is 29.4. The molecular weight excluding hydrogens is 609 g/mol. The molecule has 4 rings (SSSR count). The maximum Gasteiger partial charge on any atom is 0.416 e. The third-order valence-corrected chi connectivity index (χ3v) is 5.99. The summed E-state index contributed by atoms with van der Waals surface area (Å²) in [4.78, 5) is 59.0. The molecule has 0 radical (unpaired) electrons. The minimum atomic E-state index is -4.81. The highest BCUT2D eigenvalue weighted by atomic mass is 79.9. The first-order chi connectivity index (χ1) is 18.8. The fourth-order valence-corrected chi connectivity index (χ4v) is 4.01. The van der Waals surface area contributed by atoms with Crippen molar-refractivity contribution >= 4 is 56.9 Å². The third kappa shape index (κ3) is 5.65. The summed E-state index contributed by atoms with van der Waals surface area (Å²) < 4.78 is 44.5.